The van der Waals surface area contributed by atoms with Gasteiger partial charge in [0.1, 0.15) is 22.7 Å². The highest BCUT2D eigenvalue weighted by Gasteiger charge is 2.17. The van der Waals surface area contributed by atoms with E-state index in [1.54, 1.807) is 47.8 Å². The summed E-state index contributed by atoms with van der Waals surface area (Å²) in [4.78, 5) is 39.1. The summed E-state index contributed by atoms with van der Waals surface area (Å²) >= 11 is 1.24. The second-order valence-corrected chi connectivity index (χ2v) is 8.14. The molecule has 1 N–H and O–H groups in total. The SMILES string of the molecule is CCOc1ccc(Cn2c(=O)c3sccc3n(CC(=O)Nc3ccccc3OC)c2=O)cc1. The van der Waals surface area contributed by atoms with E-state index in [9.17, 15) is 14.4 Å². The van der Waals surface area contributed by atoms with Crippen molar-refractivity contribution in [3.05, 3.63) is 86.4 Å². The Morgan fingerprint density at radius 3 is 2.52 bits per heavy atom. The zero-order valence-electron chi connectivity index (χ0n) is 18.2. The number of aromatic nitrogens is 2. The van der Waals surface area contributed by atoms with E-state index in [1.807, 2.05) is 19.1 Å². The molecule has 0 fully saturated rings. The van der Waals surface area contributed by atoms with E-state index in [4.69, 9.17) is 9.47 Å². The average molecular weight is 466 g/mol. The zero-order valence-corrected chi connectivity index (χ0v) is 19.1. The Hall–Kier alpha value is -3.85. The maximum absolute atomic E-state index is 13.3. The normalized spacial score (nSPS) is 10.8. The van der Waals surface area contributed by atoms with Crippen molar-refractivity contribution in [1.82, 2.24) is 9.13 Å². The standard InChI is InChI=1S/C24H23N3O5S/c1-3-32-17-10-8-16(9-11-17)14-27-23(29)22-19(12-13-33-22)26(24(27)30)15-21(28)25-18-6-4-5-7-20(18)31-2/h4-13H,3,14-15H2,1-2H3,(H,25,28). The van der Waals surface area contributed by atoms with Crippen molar-refractivity contribution in [2.75, 3.05) is 19.0 Å². The van der Waals surface area contributed by atoms with Crippen LogP contribution in [0, 0.1) is 0 Å². The van der Waals surface area contributed by atoms with Crippen LogP contribution >= 0.6 is 11.3 Å². The number of para-hydroxylation sites is 2. The molecule has 1 amide bonds. The molecule has 9 heteroatoms. The minimum Gasteiger partial charge on any atom is -0.495 e. The monoisotopic (exact) mass is 465 g/mol. The molecule has 8 nitrogen and oxygen atoms in total. The first-order chi connectivity index (χ1) is 16.0. The summed E-state index contributed by atoms with van der Waals surface area (Å²) in [6, 6.07) is 15.9. The number of nitrogens with one attached hydrogen (secondary N) is 1. The van der Waals surface area contributed by atoms with Crippen LogP contribution in [-0.4, -0.2) is 28.8 Å². The summed E-state index contributed by atoms with van der Waals surface area (Å²) in [5, 5.41) is 4.51. The van der Waals surface area contributed by atoms with Gasteiger partial charge in [0.2, 0.25) is 5.91 Å². The quantitative estimate of drug-likeness (QED) is 0.431. The van der Waals surface area contributed by atoms with Gasteiger partial charge in [0, 0.05) is 0 Å². The van der Waals surface area contributed by atoms with Crippen LogP contribution in [0.2, 0.25) is 0 Å². The van der Waals surface area contributed by atoms with Gasteiger partial charge >= 0.3 is 5.69 Å². The van der Waals surface area contributed by atoms with Gasteiger partial charge in [-0.2, -0.15) is 0 Å². The molecular formula is C24H23N3O5S. The predicted octanol–water partition coefficient (Wildman–Crippen LogP) is 3.32. The molecule has 4 aromatic rings. The topological polar surface area (TPSA) is 91.6 Å². The van der Waals surface area contributed by atoms with E-state index in [0.717, 1.165) is 10.1 Å². The third-order valence-corrected chi connectivity index (χ3v) is 5.99. The highest BCUT2D eigenvalue weighted by Crippen LogP contribution is 2.23. The minimum atomic E-state index is -0.546. The maximum Gasteiger partial charge on any atom is 0.332 e. The molecule has 0 saturated carbocycles. The van der Waals surface area contributed by atoms with Gasteiger partial charge in [0.15, 0.2) is 0 Å². The number of nitrogens with zero attached hydrogens (tertiary/aromatic N) is 2. The molecular weight excluding hydrogens is 442 g/mol. The Morgan fingerprint density at radius 2 is 1.79 bits per heavy atom. The van der Waals surface area contributed by atoms with Crippen LogP contribution < -0.4 is 26.0 Å². The number of fused-ring (bicyclic) bond motifs is 1. The molecule has 0 aliphatic rings. The number of methoxy groups -OCH3 is 1. The third kappa shape index (κ3) is 4.68. The Bertz CT molecular complexity index is 1400. The molecule has 0 unspecified atom stereocenters. The summed E-state index contributed by atoms with van der Waals surface area (Å²) in [6.45, 7) is 2.30. The number of thiophene rings is 1. The first kappa shape index (κ1) is 22.3. The van der Waals surface area contributed by atoms with Crippen molar-refractivity contribution in [2.45, 2.75) is 20.0 Å². The fraction of sp³-hybridized carbons (Fsp3) is 0.208. The fourth-order valence-corrected chi connectivity index (χ4v) is 4.39. The van der Waals surface area contributed by atoms with Crippen LogP contribution in [0.4, 0.5) is 5.69 Å². The number of rotatable bonds is 8. The molecule has 2 aromatic heterocycles. The number of amides is 1. The Labute approximate surface area is 193 Å². The van der Waals surface area contributed by atoms with E-state index in [2.05, 4.69) is 5.32 Å². The Kier molecular flexibility index (Phi) is 6.60. The maximum atomic E-state index is 13.3. The molecule has 0 atom stereocenters. The summed E-state index contributed by atoms with van der Waals surface area (Å²) < 4.78 is 13.6. The van der Waals surface area contributed by atoms with Crippen molar-refractivity contribution in [2.24, 2.45) is 0 Å². The number of anilines is 1. The smallest absolute Gasteiger partial charge is 0.332 e. The van der Waals surface area contributed by atoms with Crippen LogP contribution in [0.1, 0.15) is 12.5 Å². The van der Waals surface area contributed by atoms with Gasteiger partial charge < -0.3 is 14.8 Å². The average Bonchev–Trinajstić information content (AvgIpc) is 3.31. The van der Waals surface area contributed by atoms with E-state index in [1.165, 1.54) is 23.0 Å². The minimum absolute atomic E-state index is 0.0893. The summed E-state index contributed by atoms with van der Waals surface area (Å²) in [6.07, 6.45) is 0. The molecule has 0 bridgehead atoms. The van der Waals surface area contributed by atoms with Crippen molar-refractivity contribution >= 4 is 33.1 Å². The first-order valence-electron chi connectivity index (χ1n) is 10.4. The van der Waals surface area contributed by atoms with Crippen LogP contribution in [-0.2, 0) is 17.9 Å². The van der Waals surface area contributed by atoms with Crippen LogP contribution in [0.15, 0.2) is 69.6 Å². The van der Waals surface area contributed by atoms with E-state index < -0.39 is 11.6 Å². The molecule has 33 heavy (non-hydrogen) atoms. The summed E-state index contributed by atoms with van der Waals surface area (Å²) in [5.74, 6) is 0.826. The van der Waals surface area contributed by atoms with Crippen molar-refractivity contribution in [1.29, 1.82) is 0 Å². The lowest BCUT2D eigenvalue weighted by Crippen LogP contribution is -2.41. The van der Waals surface area contributed by atoms with Crippen molar-refractivity contribution in [3.63, 3.8) is 0 Å². The highest BCUT2D eigenvalue weighted by atomic mass is 32.1. The van der Waals surface area contributed by atoms with Gasteiger partial charge in [0.25, 0.3) is 5.56 Å². The second-order valence-electron chi connectivity index (χ2n) is 7.22. The molecule has 2 aromatic carbocycles. The lowest BCUT2D eigenvalue weighted by molar-refractivity contribution is -0.116. The fourth-order valence-electron chi connectivity index (χ4n) is 3.55. The number of ether oxygens (including phenoxy) is 2. The van der Waals surface area contributed by atoms with Gasteiger partial charge in [0.05, 0.1) is 31.5 Å². The van der Waals surface area contributed by atoms with Crippen LogP contribution in [0.3, 0.4) is 0 Å². The lowest BCUT2D eigenvalue weighted by atomic mass is 10.2. The number of hydrogen-bond acceptors (Lipinski definition) is 6. The van der Waals surface area contributed by atoms with E-state index in [0.29, 0.717) is 34.0 Å². The highest BCUT2D eigenvalue weighted by molar-refractivity contribution is 7.17. The van der Waals surface area contributed by atoms with Crippen molar-refractivity contribution < 1.29 is 14.3 Å². The van der Waals surface area contributed by atoms with Gasteiger partial charge in [-0.15, -0.1) is 11.3 Å². The Morgan fingerprint density at radius 1 is 1.03 bits per heavy atom. The summed E-state index contributed by atoms with van der Waals surface area (Å²) in [5.41, 5.74) is 0.796. The molecule has 0 aliphatic carbocycles. The summed E-state index contributed by atoms with van der Waals surface area (Å²) in [7, 11) is 1.52. The molecule has 4 rings (SSSR count). The number of carbonyl (C=O) groups excluding carboxylic acids is 1. The van der Waals surface area contributed by atoms with E-state index >= 15 is 0 Å². The molecule has 2 heterocycles. The molecule has 0 radical (unpaired) electrons. The third-order valence-electron chi connectivity index (χ3n) is 5.09. The molecule has 0 spiro atoms. The number of hydrogen-bond donors (Lipinski definition) is 1. The molecule has 0 aliphatic heterocycles. The lowest BCUT2D eigenvalue weighted by Gasteiger charge is -2.14. The number of benzene rings is 2. The van der Waals surface area contributed by atoms with E-state index in [-0.39, 0.29) is 18.6 Å². The molecule has 0 saturated heterocycles. The molecule has 170 valence electrons. The largest absolute Gasteiger partial charge is 0.495 e. The zero-order chi connectivity index (χ0) is 23.4. The van der Waals surface area contributed by atoms with Gasteiger partial charge in [-0.05, 0) is 48.2 Å². The van der Waals surface area contributed by atoms with Crippen LogP contribution in [0.25, 0.3) is 10.2 Å². The van der Waals surface area contributed by atoms with Crippen molar-refractivity contribution in [3.8, 4) is 11.5 Å². The second kappa shape index (κ2) is 9.74. The van der Waals surface area contributed by atoms with Crippen LogP contribution in [0.5, 0.6) is 11.5 Å². The van der Waals surface area contributed by atoms with Gasteiger partial charge in [-0.1, -0.05) is 24.3 Å². The predicted molar refractivity (Wildman–Crippen MR) is 129 cm³/mol. The number of carbonyl (C=O) groups is 1. The van der Waals surface area contributed by atoms with Gasteiger partial charge in [-0.3, -0.25) is 18.7 Å². The Balaban J connectivity index is 1.67. The van der Waals surface area contributed by atoms with Gasteiger partial charge in [-0.25, -0.2) is 4.79 Å². The first-order valence-corrected chi connectivity index (χ1v) is 11.2.